The predicted molar refractivity (Wildman–Crippen MR) is 113 cm³/mol. The number of unbranched alkanes of at least 4 members (excludes halogenated alkanes) is 3. The Morgan fingerprint density at radius 3 is 2.61 bits per heavy atom. The van der Waals surface area contributed by atoms with Crippen molar-refractivity contribution in [1.29, 1.82) is 0 Å². The first-order valence-electron chi connectivity index (χ1n) is 10.8. The van der Waals surface area contributed by atoms with Crippen molar-refractivity contribution >= 4 is 5.97 Å². The van der Waals surface area contributed by atoms with Gasteiger partial charge in [0.15, 0.2) is 0 Å². The summed E-state index contributed by atoms with van der Waals surface area (Å²) in [4.78, 5) is 11.8. The lowest BCUT2D eigenvalue weighted by molar-refractivity contribution is -0.132. The van der Waals surface area contributed by atoms with Crippen LogP contribution in [0.25, 0.3) is 0 Å². The minimum atomic E-state index is -0.326. The average Bonchev–Trinajstić information content (AvgIpc) is 2.57. The lowest BCUT2D eigenvalue weighted by Gasteiger charge is -2.39. The van der Waals surface area contributed by atoms with Gasteiger partial charge in [0.2, 0.25) is 0 Å². The normalized spacial score (nSPS) is 18.3. The van der Waals surface area contributed by atoms with Gasteiger partial charge in [-0.15, -0.1) is 0 Å². The van der Waals surface area contributed by atoms with Gasteiger partial charge in [0, 0.05) is 19.1 Å². The molecule has 1 N–H and O–H groups in total. The Bertz CT molecular complexity index is 675. The Labute approximate surface area is 170 Å². The van der Waals surface area contributed by atoms with E-state index in [1.807, 2.05) is 6.07 Å². The van der Waals surface area contributed by atoms with Gasteiger partial charge in [-0.25, -0.2) is 0 Å². The summed E-state index contributed by atoms with van der Waals surface area (Å²) < 4.78 is 12.0. The van der Waals surface area contributed by atoms with Crippen LogP contribution in [0, 0.1) is 0 Å². The number of carbonyl (C=O) groups is 1. The van der Waals surface area contributed by atoms with Crippen LogP contribution in [0.4, 0.5) is 0 Å². The van der Waals surface area contributed by atoms with E-state index in [-0.39, 0.29) is 29.5 Å². The predicted octanol–water partition coefficient (Wildman–Crippen LogP) is 5.89. The quantitative estimate of drug-likeness (QED) is 0.325. The maximum Gasteiger partial charge on any atom is 0.308 e. The second-order valence-electron chi connectivity index (χ2n) is 9.45. The standard InChI is InChI=1S/C24H38O4/c1-7-8-9-10-12-23(3,4)19-14-20(27-17(2)26)22-18(11-13-25)16-24(5,6)28-21(22)15-19/h14-15,18,25H,7-13,16H2,1-6H3. The fraction of sp³-hybridized carbons (Fsp3) is 0.708. The summed E-state index contributed by atoms with van der Waals surface area (Å²) in [5.41, 5.74) is 1.72. The molecule has 2 rings (SSSR count). The molecule has 1 heterocycles. The smallest absolute Gasteiger partial charge is 0.308 e. The zero-order valence-corrected chi connectivity index (χ0v) is 18.6. The number of ether oxygens (including phenoxy) is 2. The van der Waals surface area contributed by atoms with Crippen molar-refractivity contribution in [2.24, 2.45) is 0 Å². The van der Waals surface area contributed by atoms with Crippen molar-refractivity contribution in [2.45, 2.75) is 103 Å². The molecule has 0 aliphatic carbocycles. The van der Waals surface area contributed by atoms with E-state index in [2.05, 4.69) is 40.7 Å². The topological polar surface area (TPSA) is 55.8 Å². The van der Waals surface area contributed by atoms with Crippen molar-refractivity contribution in [2.75, 3.05) is 6.61 Å². The average molecular weight is 391 g/mol. The zero-order valence-electron chi connectivity index (χ0n) is 18.6. The number of hydrogen-bond donors (Lipinski definition) is 1. The van der Waals surface area contributed by atoms with Gasteiger partial charge < -0.3 is 14.6 Å². The molecule has 28 heavy (non-hydrogen) atoms. The molecule has 1 aliphatic heterocycles. The molecule has 158 valence electrons. The highest BCUT2D eigenvalue weighted by molar-refractivity contribution is 5.71. The molecule has 0 aromatic heterocycles. The first-order valence-corrected chi connectivity index (χ1v) is 10.8. The number of aliphatic hydroxyl groups excluding tert-OH is 1. The van der Waals surface area contributed by atoms with Gasteiger partial charge >= 0.3 is 5.97 Å². The molecule has 1 atom stereocenters. The summed E-state index contributed by atoms with van der Waals surface area (Å²) in [6.07, 6.45) is 7.41. The van der Waals surface area contributed by atoms with Crippen LogP contribution in [0.3, 0.4) is 0 Å². The molecule has 0 saturated heterocycles. The Kier molecular flexibility index (Phi) is 7.55. The maximum absolute atomic E-state index is 11.8. The van der Waals surface area contributed by atoms with Crippen LogP contribution in [0.5, 0.6) is 11.5 Å². The van der Waals surface area contributed by atoms with Crippen LogP contribution < -0.4 is 9.47 Å². The molecule has 0 fully saturated rings. The number of benzene rings is 1. The van der Waals surface area contributed by atoms with E-state index in [4.69, 9.17) is 9.47 Å². The molecule has 1 unspecified atom stereocenters. The summed E-state index contributed by atoms with van der Waals surface area (Å²) in [5, 5.41) is 9.56. The van der Waals surface area contributed by atoms with E-state index in [0.29, 0.717) is 12.2 Å². The minimum absolute atomic E-state index is 0.0326. The van der Waals surface area contributed by atoms with Gasteiger partial charge in [0.1, 0.15) is 17.1 Å². The molecule has 0 bridgehead atoms. The number of carbonyl (C=O) groups excluding carboxylic acids is 1. The fourth-order valence-electron chi connectivity index (χ4n) is 4.29. The molecule has 1 aromatic rings. The third kappa shape index (κ3) is 5.73. The third-order valence-electron chi connectivity index (χ3n) is 5.80. The minimum Gasteiger partial charge on any atom is -0.487 e. The molecule has 1 aliphatic rings. The highest BCUT2D eigenvalue weighted by Gasteiger charge is 2.37. The lowest BCUT2D eigenvalue weighted by Crippen LogP contribution is -2.35. The largest absolute Gasteiger partial charge is 0.487 e. The summed E-state index contributed by atoms with van der Waals surface area (Å²) >= 11 is 0. The zero-order chi connectivity index (χ0) is 20.9. The number of fused-ring (bicyclic) bond motifs is 1. The third-order valence-corrected chi connectivity index (χ3v) is 5.80. The van der Waals surface area contributed by atoms with Crippen molar-refractivity contribution < 1.29 is 19.4 Å². The van der Waals surface area contributed by atoms with Crippen LogP contribution in [0.1, 0.15) is 104 Å². The second kappa shape index (κ2) is 9.30. The van der Waals surface area contributed by atoms with Crippen molar-refractivity contribution in [1.82, 2.24) is 0 Å². The summed E-state index contributed by atoms with van der Waals surface area (Å²) in [6, 6.07) is 4.15. The molecule has 0 spiro atoms. The molecular weight excluding hydrogens is 352 g/mol. The SMILES string of the molecule is CCCCCCC(C)(C)c1cc(OC(C)=O)c2c(c1)OC(C)(C)CC2CCO. The fourth-order valence-corrected chi connectivity index (χ4v) is 4.29. The lowest BCUT2D eigenvalue weighted by atomic mass is 9.76. The Balaban J connectivity index is 2.45. The van der Waals surface area contributed by atoms with Gasteiger partial charge in [-0.2, -0.15) is 0 Å². The van der Waals surface area contributed by atoms with Crippen LogP contribution in [-0.4, -0.2) is 23.3 Å². The van der Waals surface area contributed by atoms with Gasteiger partial charge in [-0.05, 0) is 62.1 Å². The van der Waals surface area contributed by atoms with E-state index in [1.165, 1.54) is 32.6 Å². The van der Waals surface area contributed by atoms with E-state index in [1.54, 1.807) is 0 Å². The summed E-state index contributed by atoms with van der Waals surface area (Å²) in [6.45, 7) is 12.4. The highest BCUT2D eigenvalue weighted by atomic mass is 16.5. The van der Waals surface area contributed by atoms with Gasteiger partial charge in [-0.3, -0.25) is 4.79 Å². The summed E-state index contributed by atoms with van der Waals surface area (Å²) in [5.74, 6) is 1.17. The van der Waals surface area contributed by atoms with E-state index >= 15 is 0 Å². The van der Waals surface area contributed by atoms with E-state index in [0.717, 1.165) is 29.7 Å². The Morgan fingerprint density at radius 2 is 2.00 bits per heavy atom. The van der Waals surface area contributed by atoms with Crippen LogP contribution in [-0.2, 0) is 10.2 Å². The van der Waals surface area contributed by atoms with Crippen molar-refractivity contribution in [3.63, 3.8) is 0 Å². The number of aliphatic hydroxyl groups is 1. The Hall–Kier alpha value is -1.55. The number of rotatable bonds is 9. The molecule has 0 saturated carbocycles. The Morgan fingerprint density at radius 1 is 1.29 bits per heavy atom. The monoisotopic (exact) mass is 390 g/mol. The van der Waals surface area contributed by atoms with Crippen LogP contribution in [0.2, 0.25) is 0 Å². The van der Waals surface area contributed by atoms with E-state index in [9.17, 15) is 9.90 Å². The molecule has 4 nitrogen and oxygen atoms in total. The second-order valence-corrected chi connectivity index (χ2v) is 9.45. The van der Waals surface area contributed by atoms with E-state index < -0.39 is 0 Å². The maximum atomic E-state index is 11.8. The van der Waals surface area contributed by atoms with Gasteiger partial charge in [0.25, 0.3) is 0 Å². The van der Waals surface area contributed by atoms with Crippen molar-refractivity contribution in [3.8, 4) is 11.5 Å². The molecule has 0 radical (unpaired) electrons. The molecular formula is C24H38O4. The molecule has 0 amide bonds. The molecule has 4 heteroatoms. The number of esters is 1. The van der Waals surface area contributed by atoms with Crippen LogP contribution in [0.15, 0.2) is 12.1 Å². The first kappa shape index (κ1) is 22.7. The number of hydrogen-bond acceptors (Lipinski definition) is 4. The molecule has 1 aromatic carbocycles. The highest BCUT2D eigenvalue weighted by Crippen LogP contribution is 2.49. The van der Waals surface area contributed by atoms with Crippen LogP contribution >= 0.6 is 0 Å². The first-order chi connectivity index (χ1) is 13.1. The van der Waals surface area contributed by atoms with Crippen molar-refractivity contribution in [3.05, 3.63) is 23.3 Å². The van der Waals surface area contributed by atoms with Gasteiger partial charge in [-0.1, -0.05) is 46.5 Å². The summed E-state index contributed by atoms with van der Waals surface area (Å²) in [7, 11) is 0. The van der Waals surface area contributed by atoms with Gasteiger partial charge in [0.05, 0.1) is 0 Å².